The van der Waals surface area contributed by atoms with Gasteiger partial charge in [-0.1, -0.05) is 13.0 Å². The molecule has 0 aromatic heterocycles. The number of benzene rings is 1. The molecule has 1 aliphatic rings. The Morgan fingerprint density at radius 3 is 2.95 bits per heavy atom. The molecule has 1 saturated carbocycles. The van der Waals surface area contributed by atoms with Gasteiger partial charge in [0.05, 0.1) is 0 Å². The number of amides is 1. The number of rotatable bonds is 5. The van der Waals surface area contributed by atoms with Gasteiger partial charge in [-0.05, 0) is 43.9 Å². The molecular formula is C15H23N3O. The molecule has 0 heterocycles. The fraction of sp³-hybridized carbons (Fsp3) is 0.533. The summed E-state index contributed by atoms with van der Waals surface area (Å²) in [6.07, 6.45) is 4.14. The Kier molecular flexibility index (Phi) is 4.80. The van der Waals surface area contributed by atoms with Crippen LogP contribution in [0.15, 0.2) is 24.3 Å². The van der Waals surface area contributed by atoms with E-state index < -0.39 is 0 Å². The minimum absolute atomic E-state index is 0.00590. The lowest BCUT2D eigenvalue weighted by Gasteiger charge is -2.14. The van der Waals surface area contributed by atoms with Crippen molar-refractivity contribution in [2.24, 2.45) is 5.73 Å². The molecule has 0 spiro atoms. The third-order valence-corrected chi connectivity index (χ3v) is 3.50. The van der Waals surface area contributed by atoms with Crippen LogP contribution in [0.3, 0.4) is 0 Å². The van der Waals surface area contributed by atoms with Gasteiger partial charge in [-0.2, -0.15) is 0 Å². The molecule has 1 fully saturated rings. The molecule has 104 valence electrons. The molecule has 0 saturated heterocycles. The van der Waals surface area contributed by atoms with Crippen LogP contribution >= 0.6 is 0 Å². The molecular weight excluding hydrogens is 238 g/mol. The number of nitrogens with two attached hydrogens (primary N) is 1. The average molecular weight is 261 g/mol. The normalized spacial score (nSPS) is 22.2. The fourth-order valence-electron chi connectivity index (χ4n) is 2.47. The van der Waals surface area contributed by atoms with Gasteiger partial charge < -0.3 is 16.4 Å². The number of hydrogen-bond acceptors (Lipinski definition) is 3. The lowest BCUT2D eigenvalue weighted by atomic mass is 10.1. The Morgan fingerprint density at radius 1 is 1.42 bits per heavy atom. The van der Waals surface area contributed by atoms with Crippen LogP contribution in [-0.4, -0.2) is 24.5 Å². The van der Waals surface area contributed by atoms with E-state index in [-0.39, 0.29) is 5.91 Å². The van der Waals surface area contributed by atoms with Gasteiger partial charge in [0.1, 0.15) is 0 Å². The van der Waals surface area contributed by atoms with Crippen LogP contribution in [0.4, 0.5) is 5.69 Å². The topological polar surface area (TPSA) is 67.2 Å². The van der Waals surface area contributed by atoms with Crippen LogP contribution in [0.2, 0.25) is 0 Å². The maximum atomic E-state index is 11.9. The molecule has 0 radical (unpaired) electrons. The van der Waals surface area contributed by atoms with Crippen LogP contribution < -0.4 is 16.4 Å². The summed E-state index contributed by atoms with van der Waals surface area (Å²) in [5.41, 5.74) is 7.62. The van der Waals surface area contributed by atoms with Gasteiger partial charge in [-0.3, -0.25) is 4.79 Å². The molecule has 2 rings (SSSR count). The molecule has 19 heavy (non-hydrogen) atoms. The molecule has 1 aliphatic carbocycles. The molecule has 4 N–H and O–H groups in total. The van der Waals surface area contributed by atoms with Crippen molar-refractivity contribution in [3.8, 4) is 0 Å². The van der Waals surface area contributed by atoms with Gasteiger partial charge in [-0.25, -0.2) is 0 Å². The van der Waals surface area contributed by atoms with E-state index in [1.165, 1.54) is 0 Å². The third-order valence-electron chi connectivity index (χ3n) is 3.50. The van der Waals surface area contributed by atoms with Gasteiger partial charge >= 0.3 is 0 Å². The summed E-state index contributed by atoms with van der Waals surface area (Å²) in [6.45, 7) is 2.76. The first-order valence-electron chi connectivity index (χ1n) is 7.09. The summed E-state index contributed by atoms with van der Waals surface area (Å²) in [4.78, 5) is 11.9. The summed E-state index contributed by atoms with van der Waals surface area (Å²) < 4.78 is 0. The second-order valence-electron chi connectivity index (χ2n) is 5.25. The van der Waals surface area contributed by atoms with Crippen molar-refractivity contribution in [3.63, 3.8) is 0 Å². The lowest BCUT2D eigenvalue weighted by Crippen LogP contribution is -2.24. The zero-order valence-corrected chi connectivity index (χ0v) is 11.5. The van der Waals surface area contributed by atoms with E-state index in [1.54, 1.807) is 0 Å². The standard InChI is InChI=1S/C15H23N3O/c1-2-8-17-15(19)11-4-3-5-13(9-11)18-14-7-6-12(16)10-14/h3-5,9,12,14,18H,2,6-8,10,16H2,1H3,(H,17,19). The highest BCUT2D eigenvalue weighted by Crippen LogP contribution is 2.22. The van der Waals surface area contributed by atoms with Crippen LogP contribution in [0.1, 0.15) is 43.0 Å². The maximum Gasteiger partial charge on any atom is 0.251 e. The summed E-state index contributed by atoms with van der Waals surface area (Å²) in [5.74, 6) is -0.00590. The second kappa shape index (κ2) is 6.57. The maximum absolute atomic E-state index is 11.9. The second-order valence-corrected chi connectivity index (χ2v) is 5.25. The van der Waals surface area contributed by atoms with Crippen LogP contribution in [-0.2, 0) is 0 Å². The number of anilines is 1. The van der Waals surface area contributed by atoms with E-state index in [1.807, 2.05) is 31.2 Å². The van der Waals surface area contributed by atoms with E-state index >= 15 is 0 Å². The Hall–Kier alpha value is -1.55. The van der Waals surface area contributed by atoms with Crippen molar-refractivity contribution in [1.82, 2.24) is 5.32 Å². The molecule has 2 unspecified atom stereocenters. The molecule has 0 bridgehead atoms. The van der Waals surface area contributed by atoms with Gasteiger partial charge in [0, 0.05) is 29.9 Å². The zero-order chi connectivity index (χ0) is 13.7. The van der Waals surface area contributed by atoms with Gasteiger partial charge in [-0.15, -0.1) is 0 Å². The molecule has 2 atom stereocenters. The number of hydrogen-bond donors (Lipinski definition) is 3. The molecule has 1 aromatic carbocycles. The average Bonchev–Trinajstić information content (AvgIpc) is 2.81. The molecule has 1 aromatic rings. The van der Waals surface area contributed by atoms with Crippen molar-refractivity contribution >= 4 is 11.6 Å². The van der Waals surface area contributed by atoms with E-state index in [4.69, 9.17) is 5.73 Å². The van der Waals surface area contributed by atoms with Gasteiger partial charge in [0.25, 0.3) is 5.91 Å². The Balaban J connectivity index is 1.96. The van der Waals surface area contributed by atoms with Crippen molar-refractivity contribution in [1.29, 1.82) is 0 Å². The van der Waals surface area contributed by atoms with E-state index in [0.717, 1.165) is 31.4 Å². The predicted molar refractivity (Wildman–Crippen MR) is 78.3 cm³/mol. The van der Waals surface area contributed by atoms with Crippen molar-refractivity contribution < 1.29 is 4.79 Å². The van der Waals surface area contributed by atoms with Crippen molar-refractivity contribution in [2.75, 3.05) is 11.9 Å². The largest absolute Gasteiger partial charge is 0.382 e. The molecule has 0 aliphatic heterocycles. The zero-order valence-electron chi connectivity index (χ0n) is 11.5. The molecule has 1 amide bonds. The predicted octanol–water partition coefficient (Wildman–Crippen LogP) is 2.12. The molecule has 4 nitrogen and oxygen atoms in total. The van der Waals surface area contributed by atoms with E-state index in [2.05, 4.69) is 10.6 Å². The Labute approximate surface area is 114 Å². The highest BCUT2D eigenvalue weighted by molar-refractivity contribution is 5.95. The first kappa shape index (κ1) is 13.9. The first-order valence-corrected chi connectivity index (χ1v) is 7.09. The van der Waals surface area contributed by atoms with Crippen molar-refractivity contribution in [3.05, 3.63) is 29.8 Å². The first-order chi connectivity index (χ1) is 9.19. The Morgan fingerprint density at radius 2 is 2.26 bits per heavy atom. The summed E-state index contributed by atoms with van der Waals surface area (Å²) in [6, 6.07) is 8.42. The van der Waals surface area contributed by atoms with E-state index in [9.17, 15) is 4.79 Å². The fourth-order valence-corrected chi connectivity index (χ4v) is 2.47. The SMILES string of the molecule is CCCNC(=O)c1cccc(NC2CCC(N)C2)c1. The quantitative estimate of drug-likeness (QED) is 0.760. The van der Waals surface area contributed by atoms with Crippen LogP contribution in [0.25, 0.3) is 0 Å². The Bertz CT molecular complexity index is 433. The highest BCUT2D eigenvalue weighted by Gasteiger charge is 2.21. The monoisotopic (exact) mass is 261 g/mol. The number of carbonyl (C=O) groups excluding carboxylic acids is 1. The smallest absolute Gasteiger partial charge is 0.251 e. The highest BCUT2D eigenvalue weighted by atomic mass is 16.1. The summed E-state index contributed by atoms with van der Waals surface area (Å²) >= 11 is 0. The van der Waals surface area contributed by atoms with Crippen molar-refractivity contribution in [2.45, 2.75) is 44.7 Å². The lowest BCUT2D eigenvalue weighted by molar-refractivity contribution is 0.0953. The minimum Gasteiger partial charge on any atom is -0.382 e. The van der Waals surface area contributed by atoms with Crippen LogP contribution in [0.5, 0.6) is 0 Å². The minimum atomic E-state index is -0.00590. The third kappa shape index (κ3) is 3.96. The molecule has 4 heteroatoms. The summed E-state index contributed by atoms with van der Waals surface area (Å²) in [5, 5.41) is 6.35. The number of carbonyl (C=O) groups is 1. The van der Waals surface area contributed by atoms with Crippen LogP contribution in [0, 0.1) is 0 Å². The van der Waals surface area contributed by atoms with Gasteiger partial charge in [0.15, 0.2) is 0 Å². The summed E-state index contributed by atoms with van der Waals surface area (Å²) in [7, 11) is 0. The van der Waals surface area contributed by atoms with Gasteiger partial charge in [0.2, 0.25) is 0 Å². The van der Waals surface area contributed by atoms with E-state index in [0.29, 0.717) is 24.2 Å². The number of nitrogens with one attached hydrogen (secondary N) is 2.